The van der Waals surface area contributed by atoms with Crippen LogP contribution in [0.3, 0.4) is 0 Å². The van der Waals surface area contributed by atoms with Crippen molar-refractivity contribution < 1.29 is 4.79 Å². The summed E-state index contributed by atoms with van der Waals surface area (Å²) in [4.78, 5) is 22.7. The third-order valence-corrected chi connectivity index (χ3v) is 5.98. The van der Waals surface area contributed by atoms with Gasteiger partial charge in [-0.3, -0.25) is 9.78 Å². The first-order valence-corrected chi connectivity index (χ1v) is 10.9. The molecule has 0 saturated heterocycles. The standard InChI is InChI=1S/C27H21ClN4O/c28-25-23-6-1-2-7-24(23)31-26(25)27(33)32(22-10-8-21(29)9-11-22)17-18-4-3-5-20(16-18)19-12-14-30-15-13-19/h1-16,31H,17,29H2. The number of nitrogen functional groups attached to an aromatic ring is 1. The normalized spacial score (nSPS) is 10.9. The van der Waals surface area contributed by atoms with Gasteiger partial charge in [0.1, 0.15) is 5.69 Å². The van der Waals surface area contributed by atoms with Gasteiger partial charge >= 0.3 is 0 Å². The Morgan fingerprint density at radius 2 is 1.67 bits per heavy atom. The van der Waals surface area contributed by atoms with E-state index in [0.29, 0.717) is 22.9 Å². The second kappa shape index (κ2) is 8.81. The molecule has 3 N–H and O–H groups in total. The number of aromatic amines is 1. The molecule has 0 unspecified atom stereocenters. The lowest BCUT2D eigenvalue weighted by molar-refractivity contribution is 0.0981. The van der Waals surface area contributed by atoms with Gasteiger partial charge in [0.15, 0.2) is 0 Å². The fourth-order valence-corrected chi connectivity index (χ4v) is 4.19. The van der Waals surface area contributed by atoms with Gasteiger partial charge < -0.3 is 15.6 Å². The smallest absolute Gasteiger partial charge is 0.276 e. The van der Waals surface area contributed by atoms with Crippen molar-refractivity contribution in [3.05, 3.63) is 114 Å². The summed E-state index contributed by atoms with van der Waals surface area (Å²) in [7, 11) is 0. The minimum atomic E-state index is -0.213. The van der Waals surface area contributed by atoms with E-state index < -0.39 is 0 Å². The number of carbonyl (C=O) groups is 1. The number of benzene rings is 3. The van der Waals surface area contributed by atoms with Crippen LogP contribution >= 0.6 is 11.6 Å². The molecule has 5 aromatic rings. The van der Waals surface area contributed by atoms with Crippen LogP contribution in [0, 0.1) is 0 Å². The third kappa shape index (κ3) is 4.19. The van der Waals surface area contributed by atoms with E-state index in [-0.39, 0.29) is 5.91 Å². The van der Waals surface area contributed by atoms with E-state index in [9.17, 15) is 4.79 Å². The van der Waals surface area contributed by atoms with Gasteiger partial charge in [-0.15, -0.1) is 0 Å². The molecular weight excluding hydrogens is 432 g/mol. The monoisotopic (exact) mass is 452 g/mol. The first kappa shape index (κ1) is 20.8. The third-order valence-electron chi connectivity index (χ3n) is 5.59. The number of nitrogens with two attached hydrogens (primary N) is 1. The lowest BCUT2D eigenvalue weighted by atomic mass is 10.0. The maximum atomic E-state index is 13.8. The van der Waals surface area contributed by atoms with Crippen LogP contribution in [-0.4, -0.2) is 15.9 Å². The van der Waals surface area contributed by atoms with E-state index in [0.717, 1.165) is 33.3 Å². The molecule has 0 aliphatic rings. The van der Waals surface area contributed by atoms with E-state index >= 15 is 0 Å². The topological polar surface area (TPSA) is 75.0 Å². The molecule has 0 radical (unpaired) electrons. The highest BCUT2D eigenvalue weighted by Gasteiger charge is 2.24. The van der Waals surface area contributed by atoms with Crippen molar-refractivity contribution in [3.8, 4) is 11.1 Å². The molecule has 0 aliphatic heterocycles. The fraction of sp³-hybridized carbons (Fsp3) is 0.0370. The summed E-state index contributed by atoms with van der Waals surface area (Å²) < 4.78 is 0. The molecule has 6 heteroatoms. The Labute approximate surface area is 196 Å². The molecule has 3 aromatic carbocycles. The summed E-state index contributed by atoms with van der Waals surface area (Å²) in [6, 6.07) is 26.9. The van der Waals surface area contributed by atoms with Crippen molar-refractivity contribution >= 4 is 39.8 Å². The first-order chi connectivity index (χ1) is 16.1. The van der Waals surface area contributed by atoms with Crippen molar-refractivity contribution in [2.45, 2.75) is 6.54 Å². The van der Waals surface area contributed by atoms with Gasteiger partial charge in [-0.2, -0.15) is 0 Å². The minimum Gasteiger partial charge on any atom is -0.399 e. The van der Waals surface area contributed by atoms with Crippen LogP contribution in [0.4, 0.5) is 11.4 Å². The van der Waals surface area contributed by atoms with Crippen molar-refractivity contribution in [1.82, 2.24) is 9.97 Å². The molecule has 2 heterocycles. The highest BCUT2D eigenvalue weighted by molar-refractivity contribution is 6.39. The molecular formula is C27H21ClN4O. The lowest BCUT2D eigenvalue weighted by Crippen LogP contribution is -2.31. The zero-order valence-electron chi connectivity index (χ0n) is 17.7. The Kier molecular flexibility index (Phi) is 5.55. The average Bonchev–Trinajstić information content (AvgIpc) is 3.20. The number of hydrogen-bond donors (Lipinski definition) is 2. The second-order valence-corrected chi connectivity index (χ2v) is 8.16. The number of nitrogens with zero attached hydrogens (tertiary/aromatic N) is 2. The highest BCUT2D eigenvalue weighted by atomic mass is 35.5. The number of rotatable bonds is 5. The Hall–Kier alpha value is -4.09. The summed E-state index contributed by atoms with van der Waals surface area (Å²) in [6.45, 7) is 0.368. The SMILES string of the molecule is Nc1ccc(N(Cc2cccc(-c3ccncc3)c2)C(=O)c2[nH]c3ccccc3c2Cl)cc1. The van der Waals surface area contributed by atoms with Crippen LogP contribution in [0.1, 0.15) is 16.1 Å². The quantitative estimate of drug-likeness (QED) is 0.307. The number of hydrogen-bond acceptors (Lipinski definition) is 3. The van der Waals surface area contributed by atoms with Crippen LogP contribution in [0.5, 0.6) is 0 Å². The molecule has 0 bridgehead atoms. The van der Waals surface area contributed by atoms with Crippen LogP contribution in [0.25, 0.3) is 22.0 Å². The predicted octanol–water partition coefficient (Wildman–Crippen LogP) is 6.31. The lowest BCUT2D eigenvalue weighted by Gasteiger charge is -2.23. The predicted molar refractivity (Wildman–Crippen MR) is 134 cm³/mol. The van der Waals surface area contributed by atoms with Crippen LogP contribution < -0.4 is 10.6 Å². The van der Waals surface area contributed by atoms with Crippen molar-refractivity contribution in [3.63, 3.8) is 0 Å². The summed E-state index contributed by atoms with van der Waals surface area (Å²) in [6.07, 6.45) is 3.54. The van der Waals surface area contributed by atoms with Gasteiger partial charge in [0.2, 0.25) is 0 Å². The first-order valence-electron chi connectivity index (χ1n) is 10.5. The molecule has 0 atom stereocenters. The minimum absolute atomic E-state index is 0.213. The second-order valence-electron chi connectivity index (χ2n) is 7.78. The average molecular weight is 453 g/mol. The van der Waals surface area contributed by atoms with E-state index in [1.165, 1.54) is 0 Å². The van der Waals surface area contributed by atoms with E-state index in [4.69, 9.17) is 17.3 Å². The highest BCUT2D eigenvalue weighted by Crippen LogP contribution is 2.31. The number of carbonyl (C=O) groups excluding carboxylic acids is 1. The molecule has 33 heavy (non-hydrogen) atoms. The van der Waals surface area contributed by atoms with Crippen molar-refractivity contribution in [2.75, 3.05) is 10.6 Å². The summed E-state index contributed by atoms with van der Waals surface area (Å²) >= 11 is 6.61. The Balaban J connectivity index is 1.55. The number of pyridine rings is 1. The van der Waals surface area contributed by atoms with Crippen LogP contribution in [0.15, 0.2) is 97.3 Å². The Morgan fingerprint density at radius 1 is 0.909 bits per heavy atom. The number of fused-ring (bicyclic) bond motifs is 1. The number of nitrogens with one attached hydrogen (secondary N) is 1. The number of aromatic nitrogens is 2. The fourth-order valence-electron chi connectivity index (χ4n) is 3.90. The number of anilines is 2. The Morgan fingerprint density at radius 3 is 2.42 bits per heavy atom. The number of amides is 1. The molecule has 5 nitrogen and oxygen atoms in total. The maximum Gasteiger partial charge on any atom is 0.276 e. The van der Waals surface area contributed by atoms with Gasteiger partial charge in [-0.25, -0.2) is 0 Å². The van der Waals surface area contributed by atoms with Crippen LogP contribution in [-0.2, 0) is 6.54 Å². The summed E-state index contributed by atoms with van der Waals surface area (Å²) in [5.41, 5.74) is 11.6. The maximum absolute atomic E-state index is 13.8. The molecule has 0 spiro atoms. The molecule has 0 saturated carbocycles. The molecule has 2 aromatic heterocycles. The van der Waals surface area contributed by atoms with Gasteiger partial charge in [-0.1, -0.05) is 48.0 Å². The number of para-hydroxylation sites is 1. The van der Waals surface area contributed by atoms with Crippen molar-refractivity contribution in [2.24, 2.45) is 0 Å². The van der Waals surface area contributed by atoms with Gasteiger partial charge in [0, 0.05) is 34.7 Å². The largest absolute Gasteiger partial charge is 0.399 e. The molecule has 162 valence electrons. The molecule has 1 amide bonds. The zero-order valence-corrected chi connectivity index (χ0v) is 18.5. The van der Waals surface area contributed by atoms with Crippen molar-refractivity contribution in [1.29, 1.82) is 0 Å². The number of halogens is 1. The van der Waals surface area contributed by atoms with E-state index in [2.05, 4.69) is 16.0 Å². The molecule has 0 aliphatic carbocycles. The summed E-state index contributed by atoms with van der Waals surface area (Å²) in [5.74, 6) is -0.213. The zero-order chi connectivity index (χ0) is 22.8. The summed E-state index contributed by atoms with van der Waals surface area (Å²) in [5, 5.41) is 1.24. The number of H-pyrrole nitrogens is 1. The molecule has 0 fully saturated rings. The van der Waals surface area contributed by atoms with E-state index in [1.807, 2.05) is 66.7 Å². The van der Waals surface area contributed by atoms with Crippen LogP contribution in [0.2, 0.25) is 5.02 Å². The Bertz CT molecular complexity index is 1430. The van der Waals surface area contributed by atoms with E-state index in [1.54, 1.807) is 29.4 Å². The molecule has 5 rings (SSSR count). The van der Waals surface area contributed by atoms with Gasteiger partial charge in [-0.05, 0) is 65.2 Å². The van der Waals surface area contributed by atoms with Gasteiger partial charge in [0.25, 0.3) is 5.91 Å². The van der Waals surface area contributed by atoms with Gasteiger partial charge in [0.05, 0.1) is 11.6 Å².